The molecule has 166 valence electrons. The van der Waals surface area contributed by atoms with Gasteiger partial charge in [0.25, 0.3) is 0 Å². The number of unbranched alkanes of at least 4 members (excludes halogenated alkanes) is 10. The highest BCUT2D eigenvalue weighted by Crippen LogP contribution is 2.35. The second-order valence-electron chi connectivity index (χ2n) is 8.27. The van der Waals surface area contributed by atoms with Crippen molar-refractivity contribution in [3.8, 4) is 11.4 Å². The summed E-state index contributed by atoms with van der Waals surface area (Å²) in [5.74, 6) is 0. The molecule has 0 atom stereocenters. The molecule has 0 aliphatic carbocycles. The molecule has 0 aliphatic heterocycles. The molecule has 2 aromatic heterocycles. The third-order valence-electron chi connectivity index (χ3n) is 5.77. The van der Waals surface area contributed by atoms with E-state index < -0.39 is 0 Å². The first-order chi connectivity index (χ1) is 14.7. The van der Waals surface area contributed by atoms with Crippen LogP contribution >= 0.6 is 31.9 Å². The van der Waals surface area contributed by atoms with E-state index in [0.29, 0.717) is 0 Å². The molecule has 2 rings (SSSR count). The summed E-state index contributed by atoms with van der Waals surface area (Å²) in [6.45, 7) is 4.55. The number of halogens is 2. The minimum Gasteiger partial charge on any atom is -0.255 e. The Morgan fingerprint density at radius 2 is 1.27 bits per heavy atom. The van der Waals surface area contributed by atoms with Crippen LogP contribution in [0.3, 0.4) is 0 Å². The van der Waals surface area contributed by atoms with Crippen LogP contribution in [0, 0.1) is 0 Å². The van der Waals surface area contributed by atoms with Crippen molar-refractivity contribution in [3.63, 3.8) is 0 Å². The molecule has 30 heavy (non-hydrogen) atoms. The van der Waals surface area contributed by atoms with Crippen LogP contribution in [-0.2, 0) is 12.8 Å². The number of nitrogens with zero attached hydrogens (tertiary/aromatic N) is 2. The molecule has 0 amide bonds. The van der Waals surface area contributed by atoms with Gasteiger partial charge in [-0.25, -0.2) is 4.98 Å². The minimum atomic E-state index is 0.899. The Morgan fingerprint density at radius 1 is 0.700 bits per heavy atom. The lowest BCUT2D eigenvalue weighted by molar-refractivity contribution is 0.598. The normalized spacial score (nSPS) is 11.2. The van der Waals surface area contributed by atoms with E-state index in [9.17, 15) is 0 Å². The summed E-state index contributed by atoms with van der Waals surface area (Å²) in [5.41, 5.74) is 4.87. The second-order valence-corrected chi connectivity index (χ2v) is 9.82. The number of hydrogen-bond acceptors (Lipinski definition) is 2. The number of aromatic nitrogens is 2. The van der Waals surface area contributed by atoms with Crippen molar-refractivity contribution in [1.82, 2.24) is 9.97 Å². The second kappa shape index (κ2) is 15.1. The maximum Gasteiger partial charge on any atom is 0.121 e. The highest BCUT2D eigenvalue weighted by molar-refractivity contribution is 9.13. The predicted molar refractivity (Wildman–Crippen MR) is 137 cm³/mol. The van der Waals surface area contributed by atoms with Crippen LogP contribution in [0.4, 0.5) is 0 Å². The highest BCUT2D eigenvalue weighted by Gasteiger charge is 2.18. The van der Waals surface area contributed by atoms with Crippen LogP contribution in [0.2, 0.25) is 0 Å². The molecule has 0 N–H and O–H groups in total. The van der Waals surface area contributed by atoms with Crippen LogP contribution < -0.4 is 0 Å². The van der Waals surface area contributed by atoms with E-state index >= 15 is 0 Å². The third-order valence-corrected chi connectivity index (χ3v) is 7.73. The summed E-state index contributed by atoms with van der Waals surface area (Å²) < 4.78 is 2.03. The molecule has 0 saturated carbocycles. The van der Waals surface area contributed by atoms with Gasteiger partial charge in [0.15, 0.2) is 0 Å². The number of pyridine rings is 2. The van der Waals surface area contributed by atoms with Crippen LogP contribution in [0.5, 0.6) is 0 Å². The van der Waals surface area contributed by atoms with Crippen molar-refractivity contribution in [2.24, 2.45) is 0 Å². The molecule has 2 heterocycles. The molecular weight excluding hydrogens is 500 g/mol. The van der Waals surface area contributed by atoms with E-state index in [0.717, 1.165) is 33.3 Å². The van der Waals surface area contributed by atoms with Crippen molar-refractivity contribution in [2.45, 2.75) is 104 Å². The smallest absolute Gasteiger partial charge is 0.121 e. The quantitative estimate of drug-likeness (QED) is 0.167. The van der Waals surface area contributed by atoms with Gasteiger partial charge < -0.3 is 0 Å². The molecule has 0 fully saturated rings. The first kappa shape index (κ1) is 25.5. The Morgan fingerprint density at radius 3 is 1.83 bits per heavy atom. The molecule has 0 saturated heterocycles. The van der Waals surface area contributed by atoms with Crippen LogP contribution in [0.1, 0.15) is 102 Å². The average molecular weight is 538 g/mol. The molecule has 2 aromatic rings. The molecule has 0 radical (unpaired) electrons. The van der Waals surface area contributed by atoms with E-state index in [1.54, 1.807) is 0 Å². The standard InChI is InChI=1S/C26H38Br2N2/c1-3-5-7-9-11-13-17-21-22(18-14-12-10-8-6-4-2)25(30-26(28)24(21)27)23-19-15-16-20-29-23/h15-16,19-20H,3-14,17-18H2,1-2H3. The monoisotopic (exact) mass is 536 g/mol. The Hall–Kier alpha value is -0.740. The van der Waals surface area contributed by atoms with Crippen molar-refractivity contribution in [3.05, 3.63) is 44.6 Å². The summed E-state index contributed by atoms with van der Waals surface area (Å²) >= 11 is 7.54. The van der Waals surface area contributed by atoms with E-state index in [4.69, 9.17) is 4.98 Å². The zero-order valence-electron chi connectivity index (χ0n) is 18.9. The zero-order chi connectivity index (χ0) is 21.6. The summed E-state index contributed by atoms with van der Waals surface area (Å²) in [4.78, 5) is 9.53. The van der Waals surface area contributed by atoms with Gasteiger partial charge in [0.2, 0.25) is 0 Å². The average Bonchev–Trinajstić information content (AvgIpc) is 2.77. The first-order valence-corrected chi connectivity index (χ1v) is 13.6. The van der Waals surface area contributed by atoms with Gasteiger partial charge in [-0.2, -0.15) is 0 Å². The van der Waals surface area contributed by atoms with Crippen LogP contribution in [-0.4, -0.2) is 9.97 Å². The van der Waals surface area contributed by atoms with E-state index in [1.807, 2.05) is 12.3 Å². The summed E-state index contributed by atoms with van der Waals surface area (Å²) in [7, 11) is 0. The van der Waals surface area contributed by atoms with Gasteiger partial charge in [-0.15, -0.1) is 0 Å². The van der Waals surface area contributed by atoms with Gasteiger partial charge >= 0.3 is 0 Å². The molecular formula is C26H38Br2N2. The largest absolute Gasteiger partial charge is 0.255 e. The van der Waals surface area contributed by atoms with Crippen molar-refractivity contribution >= 4 is 31.9 Å². The van der Waals surface area contributed by atoms with Gasteiger partial charge in [0, 0.05) is 6.20 Å². The molecule has 0 aromatic carbocycles. The van der Waals surface area contributed by atoms with E-state index in [-0.39, 0.29) is 0 Å². The minimum absolute atomic E-state index is 0.899. The molecule has 4 heteroatoms. The van der Waals surface area contributed by atoms with E-state index in [2.05, 4.69) is 62.8 Å². The highest BCUT2D eigenvalue weighted by atomic mass is 79.9. The zero-order valence-corrected chi connectivity index (χ0v) is 22.0. The van der Waals surface area contributed by atoms with Gasteiger partial charge in [-0.1, -0.05) is 84.1 Å². The van der Waals surface area contributed by atoms with E-state index in [1.165, 1.54) is 88.2 Å². The van der Waals surface area contributed by atoms with Gasteiger partial charge in [0.1, 0.15) is 4.60 Å². The maximum atomic E-state index is 4.91. The summed E-state index contributed by atoms with van der Waals surface area (Å²) in [6, 6.07) is 6.12. The fraction of sp³-hybridized carbons (Fsp3) is 0.615. The topological polar surface area (TPSA) is 25.8 Å². The number of rotatable bonds is 15. The summed E-state index contributed by atoms with van der Waals surface area (Å²) in [5, 5.41) is 0. The summed E-state index contributed by atoms with van der Waals surface area (Å²) in [6.07, 6.45) is 19.9. The molecule has 0 spiro atoms. The van der Waals surface area contributed by atoms with Crippen molar-refractivity contribution < 1.29 is 0 Å². The maximum absolute atomic E-state index is 4.91. The molecule has 0 aliphatic rings. The predicted octanol–water partition coefficient (Wildman–Crippen LogP) is 9.47. The van der Waals surface area contributed by atoms with Gasteiger partial charge in [0.05, 0.1) is 15.9 Å². The van der Waals surface area contributed by atoms with Crippen molar-refractivity contribution in [1.29, 1.82) is 0 Å². The van der Waals surface area contributed by atoms with Crippen LogP contribution in [0.25, 0.3) is 11.4 Å². The Balaban J connectivity index is 2.18. The van der Waals surface area contributed by atoms with Gasteiger partial charge in [-0.05, 0) is 80.8 Å². The Kier molecular flexibility index (Phi) is 12.9. The molecule has 0 unspecified atom stereocenters. The lowest BCUT2D eigenvalue weighted by Crippen LogP contribution is -2.05. The Labute approximate surface area is 201 Å². The SMILES string of the molecule is CCCCCCCCc1c(-c2ccccn2)nc(Br)c(Br)c1CCCCCCCC. The fourth-order valence-electron chi connectivity index (χ4n) is 4.02. The van der Waals surface area contributed by atoms with Gasteiger partial charge in [-0.3, -0.25) is 4.98 Å². The van der Waals surface area contributed by atoms with Crippen molar-refractivity contribution in [2.75, 3.05) is 0 Å². The fourth-order valence-corrected chi connectivity index (χ4v) is 4.97. The first-order valence-electron chi connectivity index (χ1n) is 12.0. The molecule has 0 bridgehead atoms. The lowest BCUT2D eigenvalue weighted by atomic mass is 9.94. The lowest BCUT2D eigenvalue weighted by Gasteiger charge is -2.17. The number of hydrogen-bond donors (Lipinski definition) is 0. The Bertz CT molecular complexity index is 732. The third kappa shape index (κ3) is 8.42. The van der Waals surface area contributed by atoms with Crippen LogP contribution in [0.15, 0.2) is 33.5 Å². The molecule has 2 nitrogen and oxygen atoms in total.